The molecule has 0 radical (unpaired) electrons. The maximum atomic E-state index is 10.6. The second kappa shape index (κ2) is 9.48. The fourth-order valence-electron chi connectivity index (χ4n) is 2.32. The fraction of sp³-hybridized carbons (Fsp3) is 0.300. The molecular weight excluding hydrogens is 370 g/mol. The average Bonchev–Trinajstić information content (AvgIpc) is 2.49. The van der Waals surface area contributed by atoms with Crippen molar-refractivity contribution in [2.75, 3.05) is 0 Å². The molecule has 0 atom stereocenters. The maximum Gasteiger partial charge on any atom is 0.335 e. The van der Waals surface area contributed by atoms with Gasteiger partial charge in [0.15, 0.2) is 0 Å². The number of carbonyl (C=O) groups is 2. The van der Waals surface area contributed by atoms with E-state index in [0.717, 1.165) is 22.3 Å². The molecule has 5 heteroatoms. The third kappa shape index (κ3) is 6.10. The Morgan fingerprint density at radius 3 is 0.960 bits per heavy atom. The van der Waals surface area contributed by atoms with Crippen LogP contribution in [0, 0.1) is 41.5 Å². The van der Waals surface area contributed by atoms with Crippen LogP contribution >= 0.6 is 0 Å². The summed E-state index contributed by atoms with van der Waals surface area (Å²) in [6.45, 7) is 11.7. The first kappa shape index (κ1) is 23.0. The second-order valence-electron chi connectivity index (χ2n) is 6.08. The van der Waals surface area contributed by atoms with Gasteiger partial charge in [0.25, 0.3) is 0 Å². The van der Waals surface area contributed by atoms with E-state index in [1.807, 2.05) is 41.5 Å². The molecule has 0 fully saturated rings. The Bertz CT molecular complexity index is 681. The maximum absolute atomic E-state index is 10.6. The van der Waals surface area contributed by atoms with Crippen LogP contribution in [0.25, 0.3) is 0 Å². The van der Waals surface area contributed by atoms with Crippen LogP contribution in [0.3, 0.4) is 0 Å². The van der Waals surface area contributed by atoms with Crippen molar-refractivity contribution < 1.29 is 39.3 Å². The molecule has 0 aromatic heterocycles. The number of aromatic carboxylic acids is 2. The summed E-state index contributed by atoms with van der Waals surface area (Å²) in [7, 11) is 0. The van der Waals surface area contributed by atoms with E-state index < -0.39 is 11.9 Å². The molecule has 0 amide bonds. The molecule has 0 aliphatic rings. The Kier molecular flexibility index (Phi) is 8.72. The molecule has 0 heterocycles. The van der Waals surface area contributed by atoms with Gasteiger partial charge < -0.3 is 10.2 Å². The zero-order chi connectivity index (χ0) is 18.6. The predicted molar refractivity (Wildman–Crippen MR) is 95.2 cm³/mol. The Hall–Kier alpha value is -2.00. The SMILES string of the molecule is Cc1cc(C(=O)O)cc(C)c1C.Cc1cc(C(=O)O)cc(C)c1C.[Zn]. The van der Waals surface area contributed by atoms with Gasteiger partial charge >= 0.3 is 11.9 Å². The molecule has 0 unspecified atom stereocenters. The van der Waals surface area contributed by atoms with Crippen LogP contribution < -0.4 is 0 Å². The number of rotatable bonds is 2. The van der Waals surface area contributed by atoms with Crippen molar-refractivity contribution in [2.24, 2.45) is 0 Å². The third-order valence-electron chi connectivity index (χ3n) is 4.35. The first-order valence-corrected chi connectivity index (χ1v) is 7.66. The summed E-state index contributed by atoms with van der Waals surface area (Å²) in [5.41, 5.74) is 7.21. The number of hydrogen-bond acceptors (Lipinski definition) is 2. The molecule has 130 valence electrons. The van der Waals surface area contributed by atoms with Gasteiger partial charge in [0, 0.05) is 19.5 Å². The minimum Gasteiger partial charge on any atom is -0.478 e. The average molecular weight is 394 g/mol. The zero-order valence-corrected chi connectivity index (χ0v) is 18.7. The summed E-state index contributed by atoms with van der Waals surface area (Å²) in [4.78, 5) is 21.2. The molecule has 0 aliphatic heterocycles. The quantitative estimate of drug-likeness (QED) is 0.730. The van der Waals surface area contributed by atoms with E-state index in [1.165, 1.54) is 11.1 Å². The van der Waals surface area contributed by atoms with Crippen molar-refractivity contribution in [3.05, 3.63) is 68.8 Å². The van der Waals surface area contributed by atoms with E-state index in [-0.39, 0.29) is 19.5 Å². The zero-order valence-electron chi connectivity index (χ0n) is 15.7. The summed E-state index contributed by atoms with van der Waals surface area (Å²) in [5, 5.41) is 17.4. The monoisotopic (exact) mass is 392 g/mol. The Morgan fingerprint density at radius 1 is 0.600 bits per heavy atom. The van der Waals surface area contributed by atoms with Crippen molar-refractivity contribution in [1.29, 1.82) is 0 Å². The van der Waals surface area contributed by atoms with Gasteiger partial charge in [-0.3, -0.25) is 0 Å². The van der Waals surface area contributed by atoms with Crippen LogP contribution in [-0.2, 0) is 19.5 Å². The molecule has 2 rings (SSSR count). The summed E-state index contributed by atoms with van der Waals surface area (Å²) in [6, 6.07) is 6.80. The van der Waals surface area contributed by atoms with E-state index in [2.05, 4.69) is 0 Å². The van der Waals surface area contributed by atoms with Crippen molar-refractivity contribution in [3.8, 4) is 0 Å². The van der Waals surface area contributed by atoms with Crippen LogP contribution in [0.1, 0.15) is 54.1 Å². The topological polar surface area (TPSA) is 74.6 Å². The first-order valence-electron chi connectivity index (χ1n) is 7.66. The normalized spacial score (nSPS) is 9.52. The van der Waals surface area contributed by atoms with Gasteiger partial charge in [-0.1, -0.05) is 0 Å². The number of benzene rings is 2. The third-order valence-corrected chi connectivity index (χ3v) is 4.35. The number of aryl methyl sites for hydroxylation is 4. The molecule has 2 aromatic rings. The standard InChI is InChI=1S/2C10H12O2.Zn/c2*1-6-4-9(10(11)12)5-7(2)8(6)3;/h2*4-5H,1-3H3,(H,11,12);. The molecule has 0 saturated heterocycles. The van der Waals surface area contributed by atoms with Gasteiger partial charge in [-0.05, 0) is 99.2 Å². The smallest absolute Gasteiger partial charge is 0.335 e. The van der Waals surface area contributed by atoms with Crippen molar-refractivity contribution in [2.45, 2.75) is 41.5 Å². The van der Waals surface area contributed by atoms with Gasteiger partial charge in [-0.25, -0.2) is 9.59 Å². The predicted octanol–water partition coefficient (Wildman–Crippen LogP) is 4.62. The van der Waals surface area contributed by atoms with Crippen LogP contribution in [0.5, 0.6) is 0 Å². The first-order chi connectivity index (χ1) is 11.0. The van der Waals surface area contributed by atoms with Gasteiger partial charge in [0.2, 0.25) is 0 Å². The second-order valence-corrected chi connectivity index (χ2v) is 6.08. The molecule has 0 bridgehead atoms. The summed E-state index contributed by atoms with van der Waals surface area (Å²) in [6.07, 6.45) is 0. The van der Waals surface area contributed by atoms with E-state index in [9.17, 15) is 9.59 Å². The number of hydrogen-bond donors (Lipinski definition) is 2. The van der Waals surface area contributed by atoms with Gasteiger partial charge in [-0.2, -0.15) is 0 Å². The minimum absolute atomic E-state index is 0. The van der Waals surface area contributed by atoms with Crippen LogP contribution in [0.4, 0.5) is 0 Å². The minimum atomic E-state index is -0.860. The Morgan fingerprint density at radius 2 is 0.800 bits per heavy atom. The van der Waals surface area contributed by atoms with E-state index in [4.69, 9.17) is 10.2 Å². The summed E-state index contributed by atoms with van der Waals surface area (Å²) in [5.74, 6) is -1.72. The molecular formula is C20H24O4Zn. The van der Waals surface area contributed by atoms with Crippen molar-refractivity contribution in [1.82, 2.24) is 0 Å². The molecule has 2 N–H and O–H groups in total. The van der Waals surface area contributed by atoms with Crippen LogP contribution in [-0.4, -0.2) is 22.2 Å². The van der Waals surface area contributed by atoms with Crippen LogP contribution in [0.15, 0.2) is 24.3 Å². The molecule has 0 aliphatic carbocycles. The number of carboxylic acid groups (broad SMARTS) is 2. The van der Waals surface area contributed by atoms with Crippen molar-refractivity contribution >= 4 is 11.9 Å². The van der Waals surface area contributed by atoms with Gasteiger partial charge in [0.05, 0.1) is 11.1 Å². The largest absolute Gasteiger partial charge is 0.478 e. The van der Waals surface area contributed by atoms with E-state index >= 15 is 0 Å². The number of carboxylic acids is 2. The molecule has 0 saturated carbocycles. The van der Waals surface area contributed by atoms with Gasteiger partial charge in [0.1, 0.15) is 0 Å². The van der Waals surface area contributed by atoms with Crippen molar-refractivity contribution in [3.63, 3.8) is 0 Å². The molecule has 2 aromatic carbocycles. The molecule has 0 spiro atoms. The fourth-order valence-corrected chi connectivity index (χ4v) is 2.32. The summed E-state index contributed by atoms with van der Waals surface area (Å²) < 4.78 is 0. The van der Waals surface area contributed by atoms with Gasteiger partial charge in [-0.15, -0.1) is 0 Å². The van der Waals surface area contributed by atoms with Crippen LogP contribution in [0.2, 0.25) is 0 Å². The van der Waals surface area contributed by atoms with E-state index in [1.54, 1.807) is 24.3 Å². The molecule has 25 heavy (non-hydrogen) atoms. The Labute approximate surface area is 161 Å². The summed E-state index contributed by atoms with van der Waals surface area (Å²) >= 11 is 0. The molecule has 4 nitrogen and oxygen atoms in total. The van der Waals surface area contributed by atoms with E-state index in [0.29, 0.717) is 11.1 Å². The Balaban J connectivity index is 0.000000443.